The van der Waals surface area contributed by atoms with E-state index < -0.39 is 5.72 Å². The van der Waals surface area contributed by atoms with Crippen LogP contribution < -0.4 is 11.1 Å². The molecule has 0 spiro atoms. The summed E-state index contributed by atoms with van der Waals surface area (Å²) in [5.41, 5.74) is 4.69. The number of hydrogen-bond acceptors (Lipinski definition) is 4. The SMILES string of the molecule is CCCC(=O)C1(N)CNCCO1. The third-order valence-electron chi connectivity index (χ3n) is 1.98. The first kappa shape index (κ1) is 9.64. The van der Waals surface area contributed by atoms with Gasteiger partial charge in [-0.1, -0.05) is 6.92 Å². The molecule has 0 aromatic carbocycles. The minimum absolute atomic E-state index is 0.00259. The van der Waals surface area contributed by atoms with Gasteiger partial charge in [-0.2, -0.15) is 0 Å². The number of Topliss-reactive ketones (excluding diaryl/α,β-unsaturated/α-hetero) is 1. The summed E-state index contributed by atoms with van der Waals surface area (Å²) in [6, 6.07) is 0. The Labute approximate surface area is 72.5 Å². The van der Waals surface area contributed by atoms with E-state index in [0.717, 1.165) is 13.0 Å². The summed E-state index contributed by atoms with van der Waals surface area (Å²) in [6.45, 7) is 3.69. The van der Waals surface area contributed by atoms with E-state index >= 15 is 0 Å². The number of carbonyl (C=O) groups is 1. The van der Waals surface area contributed by atoms with Gasteiger partial charge in [0, 0.05) is 19.5 Å². The zero-order valence-electron chi connectivity index (χ0n) is 7.43. The Balaban J connectivity index is 2.50. The third-order valence-corrected chi connectivity index (χ3v) is 1.98. The fraction of sp³-hybridized carbons (Fsp3) is 0.875. The maximum atomic E-state index is 11.4. The molecule has 1 aliphatic heterocycles. The quantitative estimate of drug-likeness (QED) is 0.609. The van der Waals surface area contributed by atoms with Gasteiger partial charge in [-0.15, -0.1) is 0 Å². The molecule has 0 radical (unpaired) electrons. The highest BCUT2D eigenvalue weighted by molar-refractivity contribution is 5.87. The number of hydrogen-bond donors (Lipinski definition) is 2. The summed E-state index contributed by atoms with van der Waals surface area (Å²) in [6.07, 6.45) is 1.32. The largest absolute Gasteiger partial charge is 0.351 e. The molecule has 70 valence electrons. The molecular weight excluding hydrogens is 156 g/mol. The van der Waals surface area contributed by atoms with Crippen LogP contribution in [0.2, 0.25) is 0 Å². The van der Waals surface area contributed by atoms with Crippen LogP contribution in [0.15, 0.2) is 0 Å². The predicted molar refractivity (Wildman–Crippen MR) is 45.7 cm³/mol. The normalized spacial score (nSPS) is 30.2. The van der Waals surface area contributed by atoms with Crippen LogP contribution >= 0.6 is 0 Å². The molecule has 1 heterocycles. The van der Waals surface area contributed by atoms with Crippen molar-refractivity contribution in [2.24, 2.45) is 5.73 Å². The van der Waals surface area contributed by atoms with Gasteiger partial charge >= 0.3 is 0 Å². The fourth-order valence-electron chi connectivity index (χ4n) is 1.25. The lowest BCUT2D eigenvalue weighted by atomic mass is 10.0. The fourth-order valence-corrected chi connectivity index (χ4v) is 1.25. The predicted octanol–water partition coefficient (Wildman–Crippen LogP) is -0.370. The summed E-state index contributed by atoms with van der Waals surface area (Å²) in [7, 11) is 0. The monoisotopic (exact) mass is 172 g/mol. The Kier molecular flexibility index (Phi) is 3.20. The molecule has 0 aromatic rings. The summed E-state index contributed by atoms with van der Waals surface area (Å²) in [4.78, 5) is 11.4. The molecule has 0 amide bonds. The third kappa shape index (κ3) is 2.03. The van der Waals surface area contributed by atoms with Crippen molar-refractivity contribution in [2.45, 2.75) is 25.5 Å². The summed E-state index contributed by atoms with van der Waals surface area (Å²) in [5.74, 6) is -0.00259. The van der Waals surface area contributed by atoms with Crippen molar-refractivity contribution in [3.05, 3.63) is 0 Å². The van der Waals surface area contributed by atoms with Crippen molar-refractivity contribution in [1.29, 1.82) is 0 Å². The van der Waals surface area contributed by atoms with E-state index in [1.165, 1.54) is 0 Å². The molecular formula is C8H16N2O2. The highest BCUT2D eigenvalue weighted by atomic mass is 16.5. The minimum Gasteiger partial charge on any atom is -0.351 e. The number of carbonyl (C=O) groups excluding carboxylic acids is 1. The molecule has 0 aliphatic carbocycles. The summed E-state index contributed by atoms with van der Waals surface area (Å²) < 4.78 is 5.25. The topological polar surface area (TPSA) is 64.4 Å². The van der Waals surface area contributed by atoms with E-state index in [0.29, 0.717) is 19.6 Å². The van der Waals surface area contributed by atoms with Crippen LogP contribution in [0.25, 0.3) is 0 Å². The van der Waals surface area contributed by atoms with Crippen LogP contribution in [0.1, 0.15) is 19.8 Å². The lowest BCUT2D eigenvalue weighted by molar-refractivity contribution is -0.147. The summed E-state index contributed by atoms with van der Waals surface area (Å²) in [5, 5.41) is 3.04. The average Bonchev–Trinajstić information content (AvgIpc) is 2.06. The number of morpholine rings is 1. The molecule has 4 heteroatoms. The first-order chi connectivity index (χ1) is 5.69. The van der Waals surface area contributed by atoms with Gasteiger partial charge in [0.1, 0.15) is 0 Å². The van der Waals surface area contributed by atoms with Gasteiger partial charge < -0.3 is 10.1 Å². The Bertz CT molecular complexity index is 164. The second kappa shape index (κ2) is 3.98. The van der Waals surface area contributed by atoms with E-state index in [4.69, 9.17) is 10.5 Å². The maximum absolute atomic E-state index is 11.4. The van der Waals surface area contributed by atoms with Crippen molar-refractivity contribution in [3.8, 4) is 0 Å². The van der Waals surface area contributed by atoms with Crippen molar-refractivity contribution in [2.75, 3.05) is 19.7 Å². The molecule has 1 saturated heterocycles. The molecule has 1 atom stereocenters. The number of nitrogens with one attached hydrogen (secondary N) is 1. The van der Waals surface area contributed by atoms with Crippen molar-refractivity contribution < 1.29 is 9.53 Å². The first-order valence-corrected chi connectivity index (χ1v) is 4.36. The van der Waals surface area contributed by atoms with Gasteiger partial charge in [0.05, 0.1) is 6.61 Å². The minimum atomic E-state index is -1.06. The molecule has 3 N–H and O–H groups in total. The van der Waals surface area contributed by atoms with Gasteiger partial charge in [0.15, 0.2) is 11.5 Å². The zero-order chi connectivity index (χ0) is 9.03. The number of nitrogens with two attached hydrogens (primary N) is 1. The van der Waals surface area contributed by atoms with Crippen molar-refractivity contribution in [3.63, 3.8) is 0 Å². The van der Waals surface area contributed by atoms with Crippen LogP contribution in [-0.4, -0.2) is 31.2 Å². The molecule has 0 bridgehead atoms. The molecule has 12 heavy (non-hydrogen) atoms. The Morgan fingerprint density at radius 2 is 2.50 bits per heavy atom. The Hall–Kier alpha value is -0.450. The second-order valence-electron chi connectivity index (χ2n) is 3.09. The molecule has 1 rings (SSSR count). The molecule has 0 aromatic heterocycles. The lowest BCUT2D eigenvalue weighted by Crippen LogP contribution is -2.61. The maximum Gasteiger partial charge on any atom is 0.188 e. The first-order valence-electron chi connectivity index (χ1n) is 4.36. The average molecular weight is 172 g/mol. The molecule has 0 saturated carbocycles. The smallest absolute Gasteiger partial charge is 0.188 e. The van der Waals surface area contributed by atoms with E-state index in [2.05, 4.69) is 5.32 Å². The molecule has 1 unspecified atom stereocenters. The number of ketones is 1. The van der Waals surface area contributed by atoms with Crippen LogP contribution in [0, 0.1) is 0 Å². The van der Waals surface area contributed by atoms with Gasteiger partial charge in [0.2, 0.25) is 0 Å². The number of ether oxygens (including phenoxy) is 1. The van der Waals surface area contributed by atoms with Crippen LogP contribution in [-0.2, 0) is 9.53 Å². The summed E-state index contributed by atoms with van der Waals surface area (Å²) >= 11 is 0. The molecule has 1 aliphatic rings. The van der Waals surface area contributed by atoms with E-state index in [1.54, 1.807) is 0 Å². The van der Waals surface area contributed by atoms with Gasteiger partial charge in [0.25, 0.3) is 0 Å². The van der Waals surface area contributed by atoms with E-state index in [-0.39, 0.29) is 5.78 Å². The molecule has 4 nitrogen and oxygen atoms in total. The molecule has 1 fully saturated rings. The Morgan fingerprint density at radius 3 is 3.00 bits per heavy atom. The van der Waals surface area contributed by atoms with Crippen LogP contribution in [0.4, 0.5) is 0 Å². The van der Waals surface area contributed by atoms with Crippen molar-refractivity contribution >= 4 is 5.78 Å². The number of rotatable bonds is 3. The van der Waals surface area contributed by atoms with Gasteiger partial charge in [-0.25, -0.2) is 0 Å². The lowest BCUT2D eigenvalue weighted by Gasteiger charge is -2.32. The van der Waals surface area contributed by atoms with Crippen LogP contribution in [0.3, 0.4) is 0 Å². The van der Waals surface area contributed by atoms with Gasteiger partial charge in [-0.05, 0) is 6.42 Å². The van der Waals surface area contributed by atoms with Crippen LogP contribution in [0.5, 0.6) is 0 Å². The highest BCUT2D eigenvalue weighted by Crippen LogP contribution is 2.10. The van der Waals surface area contributed by atoms with Crippen molar-refractivity contribution in [1.82, 2.24) is 5.32 Å². The van der Waals surface area contributed by atoms with E-state index in [1.807, 2.05) is 6.92 Å². The highest BCUT2D eigenvalue weighted by Gasteiger charge is 2.35. The standard InChI is InChI=1S/C8H16N2O2/c1-2-3-7(11)8(9)6-10-4-5-12-8/h10H,2-6,9H2,1H3. The zero-order valence-corrected chi connectivity index (χ0v) is 7.43. The van der Waals surface area contributed by atoms with E-state index in [9.17, 15) is 4.79 Å². The second-order valence-corrected chi connectivity index (χ2v) is 3.09. The Morgan fingerprint density at radius 1 is 1.75 bits per heavy atom. The van der Waals surface area contributed by atoms with Gasteiger partial charge in [-0.3, -0.25) is 10.5 Å².